The first-order chi connectivity index (χ1) is 4.97. The lowest BCUT2D eigenvalue weighted by atomic mass is 10.3. The number of benzene rings is 1. The van der Waals surface area contributed by atoms with E-state index >= 15 is 0 Å². The zero-order valence-corrected chi connectivity index (χ0v) is 7.49. The second-order valence-corrected chi connectivity index (χ2v) is 3.15. The maximum Gasteiger partial charge on any atom is 0.0761 e. The summed E-state index contributed by atoms with van der Waals surface area (Å²) in [4.78, 5) is 5.54. The van der Waals surface area contributed by atoms with Crippen LogP contribution < -0.4 is 0 Å². The maximum atomic E-state index is 4.25. The number of para-hydroxylation sites is 1. The number of aliphatic imine (C=N–C) groups is 1. The normalized spacial score (nSPS) is 13.5. The minimum atomic E-state index is 0. The molecule has 0 atom stereocenters. The number of hydrogen-bond acceptors (Lipinski definition) is 2. The standard InChI is InChI=1S/C8H7NS.ClH/c1-2-4-8-7(3-1)9-5-6-10-8;/h1-5H,6H2;1H. The van der Waals surface area contributed by atoms with Gasteiger partial charge in [0.1, 0.15) is 0 Å². The molecule has 0 spiro atoms. The van der Waals surface area contributed by atoms with Gasteiger partial charge < -0.3 is 0 Å². The summed E-state index contributed by atoms with van der Waals surface area (Å²) in [5.74, 6) is 1.01. The van der Waals surface area contributed by atoms with Gasteiger partial charge in [0.25, 0.3) is 0 Å². The monoisotopic (exact) mass is 185 g/mol. The summed E-state index contributed by atoms with van der Waals surface area (Å²) < 4.78 is 0. The first kappa shape index (κ1) is 8.62. The molecule has 0 unspecified atom stereocenters. The number of halogens is 1. The van der Waals surface area contributed by atoms with E-state index in [1.807, 2.05) is 36.2 Å². The van der Waals surface area contributed by atoms with Gasteiger partial charge in [0.15, 0.2) is 0 Å². The third-order valence-corrected chi connectivity index (χ3v) is 2.38. The van der Waals surface area contributed by atoms with Crippen LogP contribution in [-0.4, -0.2) is 12.0 Å². The fourth-order valence-electron chi connectivity index (χ4n) is 0.949. The third-order valence-electron chi connectivity index (χ3n) is 1.41. The van der Waals surface area contributed by atoms with E-state index in [-0.39, 0.29) is 12.4 Å². The number of hydrogen-bond donors (Lipinski definition) is 0. The van der Waals surface area contributed by atoms with Crippen molar-refractivity contribution in [2.24, 2.45) is 4.99 Å². The van der Waals surface area contributed by atoms with Gasteiger partial charge in [-0.15, -0.1) is 24.2 Å². The first-order valence-corrected chi connectivity index (χ1v) is 4.20. The van der Waals surface area contributed by atoms with Gasteiger partial charge in [0.2, 0.25) is 0 Å². The third kappa shape index (κ3) is 1.76. The van der Waals surface area contributed by atoms with Crippen LogP contribution in [0.5, 0.6) is 0 Å². The largest absolute Gasteiger partial charge is 0.259 e. The van der Waals surface area contributed by atoms with E-state index in [1.54, 1.807) is 0 Å². The van der Waals surface area contributed by atoms with E-state index in [4.69, 9.17) is 0 Å². The van der Waals surface area contributed by atoms with Crippen LogP contribution in [-0.2, 0) is 0 Å². The highest BCUT2D eigenvalue weighted by atomic mass is 35.5. The van der Waals surface area contributed by atoms with Crippen molar-refractivity contribution < 1.29 is 0 Å². The van der Waals surface area contributed by atoms with Crippen LogP contribution in [0.3, 0.4) is 0 Å². The molecule has 11 heavy (non-hydrogen) atoms. The van der Waals surface area contributed by atoms with Gasteiger partial charge in [0, 0.05) is 16.9 Å². The van der Waals surface area contributed by atoms with Crippen LogP contribution in [0.1, 0.15) is 0 Å². The molecule has 1 nitrogen and oxygen atoms in total. The van der Waals surface area contributed by atoms with E-state index in [9.17, 15) is 0 Å². The van der Waals surface area contributed by atoms with Gasteiger partial charge in [-0.1, -0.05) is 12.1 Å². The lowest BCUT2D eigenvalue weighted by Crippen LogP contribution is -1.86. The number of rotatable bonds is 0. The zero-order chi connectivity index (χ0) is 6.81. The Morgan fingerprint density at radius 1 is 1.27 bits per heavy atom. The SMILES string of the molecule is C1=Nc2ccccc2SC1.Cl. The molecule has 0 aromatic heterocycles. The summed E-state index contributed by atoms with van der Waals surface area (Å²) in [5, 5.41) is 0. The van der Waals surface area contributed by atoms with Gasteiger partial charge in [-0.25, -0.2) is 0 Å². The number of thioether (sulfide) groups is 1. The second-order valence-electron chi connectivity index (χ2n) is 2.09. The van der Waals surface area contributed by atoms with Crippen LogP contribution in [0.15, 0.2) is 34.2 Å². The Morgan fingerprint density at radius 2 is 2.09 bits per heavy atom. The van der Waals surface area contributed by atoms with Crippen LogP contribution in [0.4, 0.5) is 5.69 Å². The van der Waals surface area contributed by atoms with Gasteiger partial charge in [-0.2, -0.15) is 0 Å². The van der Waals surface area contributed by atoms with Crippen LogP contribution in [0.25, 0.3) is 0 Å². The highest BCUT2D eigenvalue weighted by Crippen LogP contribution is 2.31. The lowest BCUT2D eigenvalue weighted by molar-refractivity contribution is 1.36. The van der Waals surface area contributed by atoms with Gasteiger partial charge >= 0.3 is 0 Å². The van der Waals surface area contributed by atoms with Crippen LogP contribution >= 0.6 is 24.2 Å². The molecule has 3 heteroatoms. The molecule has 1 aromatic carbocycles. The van der Waals surface area contributed by atoms with Crippen molar-refractivity contribution in [3.05, 3.63) is 24.3 Å². The number of nitrogens with zero attached hydrogens (tertiary/aromatic N) is 1. The highest BCUT2D eigenvalue weighted by molar-refractivity contribution is 8.00. The van der Waals surface area contributed by atoms with E-state index < -0.39 is 0 Å². The van der Waals surface area contributed by atoms with Crippen LogP contribution in [0, 0.1) is 0 Å². The Labute approximate surface area is 76.3 Å². The Bertz CT molecular complexity index is 273. The Balaban J connectivity index is 0.000000605. The molecule has 0 saturated heterocycles. The van der Waals surface area contributed by atoms with E-state index in [2.05, 4.69) is 11.1 Å². The number of fused-ring (bicyclic) bond motifs is 1. The molecule has 1 aliphatic heterocycles. The molecule has 0 bridgehead atoms. The fourth-order valence-corrected chi connectivity index (χ4v) is 1.72. The quantitative estimate of drug-likeness (QED) is 0.606. The second kappa shape index (κ2) is 3.79. The van der Waals surface area contributed by atoms with Crippen molar-refractivity contribution in [3.8, 4) is 0 Å². The highest BCUT2D eigenvalue weighted by Gasteiger charge is 2.02. The molecule has 1 heterocycles. The summed E-state index contributed by atoms with van der Waals surface area (Å²) in [7, 11) is 0. The Morgan fingerprint density at radius 3 is 2.91 bits per heavy atom. The molecule has 58 valence electrons. The summed E-state index contributed by atoms with van der Waals surface area (Å²) in [6.07, 6.45) is 1.95. The zero-order valence-electron chi connectivity index (χ0n) is 5.86. The lowest BCUT2D eigenvalue weighted by Gasteiger charge is -2.06. The molecular formula is C8H8ClNS. The van der Waals surface area contributed by atoms with Gasteiger partial charge in [0.05, 0.1) is 5.69 Å². The van der Waals surface area contributed by atoms with Crippen molar-refractivity contribution in [1.82, 2.24) is 0 Å². The van der Waals surface area contributed by atoms with Crippen molar-refractivity contribution in [3.63, 3.8) is 0 Å². The molecule has 0 radical (unpaired) electrons. The molecule has 0 N–H and O–H groups in total. The topological polar surface area (TPSA) is 12.4 Å². The molecule has 0 aliphatic carbocycles. The first-order valence-electron chi connectivity index (χ1n) is 3.21. The smallest absolute Gasteiger partial charge is 0.0761 e. The van der Waals surface area contributed by atoms with E-state index in [0.29, 0.717) is 0 Å². The van der Waals surface area contributed by atoms with Crippen molar-refractivity contribution in [2.75, 3.05) is 5.75 Å². The van der Waals surface area contributed by atoms with Crippen LogP contribution in [0.2, 0.25) is 0 Å². The summed E-state index contributed by atoms with van der Waals surface area (Å²) in [6, 6.07) is 8.21. The van der Waals surface area contributed by atoms with E-state index in [1.165, 1.54) is 4.90 Å². The fraction of sp³-hybridized carbons (Fsp3) is 0.125. The van der Waals surface area contributed by atoms with Gasteiger partial charge in [-0.05, 0) is 12.1 Å². The Kier molecular flexibility index (Phi) is 2.97. The minimum absolute atomic E-state index is 0. The summed E-state index contributed by atoms with van der Waals surface area (Å²) >= 11 is 1.84. The van der Waals surface area contributed by atoms with Crippen molar-refractivity contribution in [2.45, 2.75) is 4.90 Å². The summed E-state index contributed by atoms with van der Waals surface area (Å²) in [6.45, 7) is 0. The van der Waals surface area contributed by atoms with Crippen molar-refractivity contribution in [1.29, 1.82) is 0 Å². The molecule has 1 aromatic rings. The minimum Gasteiger partial charge on any atom is -0.259 e. The molecule has 0 amide bonds. The predicted octanol–water partition coefficient (Wildman–Crippen LogP) is 2.92. The Hall–Kier alpha value is -0.470. The maximum absolute atomic E-state index is 4.25. The van der Waals surface area contributed by atoms with Crippen molar-refractivity contribution >= 4 is 36.1 Å². The predicted molar refractivity (Wildman–Crippen MR) is 52.6 cm³/mol. The molecule has 0 fully saturated rings. The molecule has 2 rings (SSSR count). The molecule has 0 saturated carbocycles. The summed E-state index contributed by atoms with van der Waals surface area (Å²) in [5.41, 5.74) is 1.11. The van der Waals surface area contributed by atoms with E-state index in [0.717, 1.165) is 11.4 Å². The average molecular weight is 186 g/mol. The molecule has 1 aliphatic rings. The molecular weight excluding hydrogens is 178 g/mol. The van der Waals surface area contributed by atoms with Gasteiger partial charge in [-0.3, -0.25) is 4.99 Å². The average Bonchev–Trinajstić information content (AvgIpc) is 2.05.